The summed E-state index contributed by atoms with van der Waals surface area (Å²) in [7, 11) is 0. The van der Waals surface area contributed by atoms with E-state index >= 15 is 0 Å². The molecule has 0 radical (unpaired) electrons. The molecule has 3 aliphatic rings. The van der Waals surface area contributed by atoms with Crippen molar-refractivity contribution < 1.29 is 74.7 Å². The van der Waals surface area contributed by atoms with E-state index in [4.69, 9.17) is 23.7 Å². The van der Waals surface area contributed by atoms with E-state index in [0.717, 1.165) is 0 Å². The van der Waals surface area contributed by atoms with Crippen molar-refractivity contribution in [2.45, 2.75) is 99.0 Å². The molecular formula is C18H32O15. The van der Waals surface area contributed by atoms with E-state index in [1.807, 2.05) is 0 Å². The molecule has 10 N–H and O–H groups in total. The fourth-order valence-corrected chi connectivity index (χ4v) is 3.97. The highest BCUT2D eigenvalue weighted by molar-refractivity contribution is 4.96. The van der Waals surface area contributed by atoms with E-state index in [2.05, 4.69) is 0 Å². The minimum atomic E-state index is -1.88. The molecule has 3 aliphatic heterocycles. The van der Waals surface area contributed by atoms with Crippen LogP contribution in [0.1, 0.15) is 6.92 Å². The lowest BCUT2D eigenvalue weighted by Gasteiger charge is -2.48. The normalized spacial score (nSPS) is 53.7. The molecule has 15 heteroatoms. The summed E-state index contributed by atoms with van der Waals surface area (Å²) >= 11 is 0. The first-order valence-electron chi connectivity index (χ1n) is 10.4. The van der Waals surface area contributed by atoms with Crippen molar-refractivity contribution in [1.29, 1.82) is 0 Å². The molecule has 0 bridgehead atoms. The van der Waals surface area contributed by atoms with Gasteiger partial charge in [0.15, 0.2) is 18.9 Å². The van der Waals surface area contributed by atoms with Gasteiger partial charge in [-0.3, -0.25) is 0 Å². The third-order valence-corrected chi connectivity index (χ3v) is 6.06. The van der Waals surface area contributed by atoms with E-state index in [0.29, 0.717) is 0 Å². The smallest absolute Gasteiger partial charge is 0.187 e. The van der Waals surface area contributed by atoms with Crippen molar-refractivity contribution in [3.05, 3.63) is 0 Å². The summed E-state index contributed by atoms with van der Waals surface area (Å²) in [6.45, 7) is -0.115. The zero-order valence-corrected chi connectivity index (χ0v) is 17.6. The molecular weight excluding hydrogens is 456 g/mol. The van der Waals surface area contributed by atoms with E-state index in [1.165, 1.54) is 6.92 Å². The van der Waals surface area contributed by atoms with Gasteiger partial charge in [0.2, 0.25) is 0 Å². The van der Waals surface area contributed by atoms with E-state index in [9.17, 15) is 51.1 Å². The van der Waals surface area contributed by atoms with Crippen LogP contribution in [0.5, 0.6) is 0 Å². The molecule has 0 aliphatic carbocycles. The maximum absolute atomic E-state index is 10.6. The second kappa shape index (κ2) is 11.0. The van der Waals surface area contributed by atoms with Crippen LogP contribution >= 0.6 is 0 Å². The second-order valence-electron chi connectivity index (χ2n) is 8.32. The minimum Gasteiger partial charge on any atom is -0.394 e. The molecule has 15 nitrogen and oxygen atoms in total. The summed E-state index contributed by atoms with van der Waals surface area (Å²) < 4.78 is 26.7. The van der Waals surface area contributed by atoms with Gasteiger partial charge in [0.25, 0.3) is 0 Å². The average molecular weight is 488 g/mol. The highest BCUT2D eigenvalue weighted by Crippen LogP contribution is 2.32. The Bertz CT molecular complexity index is 624. The Kier molecular flexibility index (Phi) is 8.99. The molecule has 3 saturated heterocycles. The predicted octanol–water partition coefficient (Wildman–Crippen LogP) is -6.55. The van der Waals surface area contributed by atoms with Gasteiger partial charge in [-0.05, 0) is 6.92 Å². The van der Waals surface area contributed by atoms with Crippen LogP contribution in [0.3, 0.4) is 0 Å². The zero-order valence-electron chi connectivity index (χ0n) is 17.6. The van der Waals surface area contributed by atoms with Gasteiger partial charge in [0, 0.05) is 0 Å². The van der Waals surface area contributed by atoms with Gasteiger partial charge in [-0.1, -0.05) is 0 Å². The zero-order chi connectivity index (χ0) is 24.6. The minimum absolute atomic E-state index is 0.747. The van der Waals surface area contributed by atoms with Gasteiger partial charge in [-0.25, -0.2) is 0 Å². The molecule has 3 heterocycles. The number of aliphatic hydroxyl groups is 10. The predicted molar refractivity (Wildman–Crippen MR) is 99.8 cm³/mol. The van der Waals surface area contributed by atoms with E-state index in [1.54, 1.807) is 0 Å². The van der Waals surface area contributed by atoms with Crippen molar-refractivity contribution in [2.24, 2.45) is 0 Å². The summed E-state index contributed by atoms with van der Waals surface area (Å²) in [4.78, 5) is 0. The van der Waals surface area contributed by atoms with Crippen LogP contribution < -0.4 is 0 Å². The number of ether oxygens (including phenoxy) is 5. The van der Waals surface area contributed by atoms with Gasteiger partial charge >= 0.3 is 0 Å². The molecule has 194 valence electrons. The summed E-state index contributed by atoms with van der Waals surface area (Å²) in [5.74, 6) is 0. The van der Waals surface area contributed by atoms with Gasteiger partial charge in [-0.2, -0.15) is 0 Å². The monoisotopic (exact) mass is 488 g/mol. The van der Waals surface area contributed by atoms with E-state index in [-0.39, 0.29) is 0 Å². The molecule has 0 aromatic heterocycles. The molecule has 15 atom stereocenters. The lowest BCUT2D eigenvalue weighted by atomic mass is 9.96. The van der Waals surface area contributed by atoms with Gasteiger partial charge < -0.3 is 74.7 Å². The van der Waals surface area contributed by atoms with E-state index < -0.39 is 105 Å². The molecule has 0 aromatic carbocycles. The van der Waals surface area contributed by atoms with Crippen LogP contribution in [0.2, 0.25) is 0 Å². The van der Waals surface area contributed by atoms with Gasteiger partial charge in [-0.15, -0.1) is 0 Å². The summed E-state index contributed by atoms with van der Waals surface area (Å²) in [5, 5.41) is 100.0. The molecule has 0 amide bonds. The number of rotatable bonds is 6. The Morgan fingerprint density at radius 1 is 0.545 bits per heavy atom. The summed E-state index contributed by atoms with van der Waals surface area (Å²) in [6.07, 6.45) is -24.1. The first kappa shape index (κ1) is 27.0. The van der Waals surface area contributed by atoms with Crippen molar-refractivity contribution in [2.75, 3.05) is 13.2 Å². The SMILES string of the molecule is C[C@@H]1O[C@@H](O[C@@H]2[C@@H](O[C@H]3O[C@H](CO)[C@H](O)[C@H](O)[C@H]3O)[C@@H](O)[C@@H](CO)O[C@@H]2O)[C@@H](O)[C@H](O)[C@@H]1O. The van der Waals surface area contributed by atoms with Crippen LogP contribution in [-0.4, -0.2) is 156 Å². The van der Waals surface area contributed by atoms with Crippen LogP contribution in [0, 0.1) is 0 Å². The Balaban J connectivity index is 1.82. The highest BCUT2D eigenvalue weighted by atomic mass is 16.8. The van der Waals surface area contributed by atoms with Crippen LogP contribution in [0.25, 0.3) is 0 Å². The highest BCUT2D eigenvalue weighted by Gasteiger charge is 2.53. The van der Waals surface area contributed by atoms with Crippen LogP contribution in [0.4, 0.5) is 0 Å². The van der Waals surface area contributed by atoms with Crippen LogP contribution in [-0.2, 0) is 23.7 Å². The number of hydrogen-bond donors (Lipinski definition) is 10. The third-order valence-electron chi connectivity index (χ3n) is 6.06. The first-order valence-corrected chi connectivity index (χ1v) is 10.4. The average Bonchev–Trinajstić information content (AvgIpc) is 2.79. The van der Waals surface area contributed by atoms with Crippen molar-refractivity contribution in [3.63, 3.8) is 0 Å². The Morgan fingerprint density at radius 2 is 1.03 bits per heavy atom. The molecule has 0 aromatic rings. The molecule has 3 fully saturated rings. The lowest BCUT2D eigenvalue weighted by molar-refractivity contribution is -0.386. The van der Waals surface area contributed by atoms with Gasteiger partial charge in [0.1, 0.15) is 67.1 Å². The first-order chi connectivity index (χ1) is 15.5. The van der Waals surface area contributed by atoms with Gasteiger partial charge in [0.05, 0.1) is 19.3 Å². The Hall–Kier alpha value is -0.600. The topological polar surface area (TPSA) is 248 Å². The lowest BCUT2D eigenvalue weighted by Crippen LogP contribution is -2.66. The third kappa shape index (κ3) is 5.32. The van der Waals surface area contributed by atoms with Crippen molar-refractivity contribution in [3.8, 4) is 0 Å². The fraction of sp³-hybridized carbons (Fsp3) is 1.00. The number of aliphatic hydroxyl groups excluding tert-OH is 10. The Labute approximate surface area is 187 Å². The Morgan fingerprint density at radius 3 is 1.61 bits per heavy atom. The summed E-state index contributed by atoms with van der Waals surface area (Å²) in [6, 6.07) is 0. The molecule has 0 spiro atoms. The summed E-state index contributed by atoms with van der Waals surface area (Å²) in [5.41, 5.74) is 0. The van der Waals surface area contributed by atoms with Crippen molar-refractivity contribution in [1.82, 2.24) is 0 Å². The molecule has 0 saturated carbocycles. The molecule has 33 heavy (non-hydrogen) atoms. The number of hydrogen-bond acceptors (Lipinski definition) is 15. The van der Waals surface area contributed by atoms with Crippen LogP contribution in [0.15, 0.2) is 0 Å². The maximum atomic E-state index is 10.6. The quantitative estimate of drug-likeness (QED) is 0.167. The molecule has 0 unspecified atom stereocenters. The largest absolute Gasteiger partial charge is 0.394 e. The standard InChI is InChI=1S/C18H32O15/c1-4-7(21)10(24)12(26)17(29-4)33-15-14(9(23)6(3-20)30-16(15)28)32-18-13(27)11(25)8(22)5(2-19)31-18/h4-28H,2-3H2,1H3/t4-,5+,6+,7+,8-,9-,10+,11-,12-,13+,14-,15+,16-,17-,18+/m0/s1. The second-order valence-corrected chi connectivity index (χ2v) is 8.32. The molecule has 3 rings (SSSR count). The van der Waals surface area contributed by atoms with Crippen molar-refractivity contribution >= 4 is 0 Å². The maximum Gasteiger partial charge on any atom is 0.187 e. The fourth-order valence-electron chi connectivity index (χ4n) is 3.97.